The standard InChI is InChI=1S/C28H26N2O6/c1-16-12-19-13-18(9-10-21(19)36-16)25(31)23-24(20-7-4-8-22(34-2)27(20)35-3)30(28(33)26(23)32)15-17-6-5-11-29-14-17/h4-11,13-14,16,24,31H,12,15H2,1-3H3. The Balaban J connectivity index is 1.69. The molecule has 36 heavy (non-hydrogen) atoms. The summed E-state index contributed by atoms with van der Waals surface area (Å²) in [5.41, 5.74) is 2.64. The highest BCUT2D eigenvalue weighted by Gasteiger charge is 2.47. The number of carbonyl (C=O) groups is 2. The first kappa shape index (κ1) is 23.4. The van der Waals surface area contributed by atoms with Crippen LogP contribution in [0.3, 0.4) is 0 Å². The molecule has 8 heteroatoms. The topological polar surface area (TPSA) is 98.2 Å². The van der Waals surface area contributed by atoms with Gasteiger partial charge in [0, 0.05) is 36.5 Å². The van der Waals surface area contributed by atoms with Gasteiger partial charge in [-0.3, -0.25) is 14.6 Å². The number of rotatable bonds is 6. The summed E-state index contributed by atoms with van der Waals surface area (Å²) in [6, 6.07) is 13.2. The van der Waals surface area contributed by atoms with E-state index >= 15 is 0 Å². The Labute approximate surface area is 208 Å². The van der Waals surface area contributed by atoms with Crippen LogP contribution >= 0.6 is 0 Å². The Morgan fingerprint density at radius 2 is 1.97 bits per heavy atom. The molecule has 2 aliphatic heterocycles. The lowest BCUT2D eigenvalue weighted by Crippen LogP contribution is -2.29. The van der Waals surface area contributed by atoms with Gasteiger partial charge in [-0.2, -0.15) is 0 Å². The van der Waals surface area contributed by atoms with Crippen LogP contribution in [0.25, 0.3) is 5.76 Å². The van der Waals surface area contributed by atoms with Gasteiger partial charge in [0.15, 0.2) is 11.5 Å². The smallest absolute Gasteiger partial charge is 0.295 e. The molecule has 2 atom stereocenters. The number of amides is 1. The molecule has 2 aliphatic rings. The van der Waals surface area contributed by atoms with Crippen molar-refractivity contribution in [2.45, 2.75) is 32.0 Å². The zero-order valence-electron chi connectivity index (χ0n) is 20.2. The van der Waals surface area contributed by atoms with Crippen molar-refractivity contribution < 1.29 is 28.9 Å². The van der Waals surface area contributed by atoms with Gasteiger partial charge in [-0.25, -0.2) is 0 Å². The van der Waals surface area contributed by atoms with Gasteiger partial charge in [0.25, 0.3) is 11.7 Å². The minimum Gasteiger partial charge on any atom is -0.507 e. The molecular formula is C28H26N2O6. The van der Waals surface area contributed by atoms with Crippen molar-refractivity contribution in [1.82, 2.24) is 9.88 Å². The highest BCUT2D eigenvalue weighted by atomic mass is 16.5. The summed E-state index contributed by atoms with van der Waals surface area (Å²) >= 11 is 0. The first-order valence-corrected chi connectivity index (χ1v) is 11.6. The summed E-state index contributed by atoms with van der Waals surface area (Å²) in [6.45, 7) is 2.09. The Hall–Kier alpha value is -4.33. The molecule has 1 saturated heterocycles. The molecular weight excluding hydrogens is 460 g/mol. The number of benzene rings is 2. The molecule has 0 radical (unpaired) electrons. The molecule has 184 valence electrons. The van der Waals surface area contributed by atoms with Crippen LogP contribution in [0.1, 0.15) is 35.2 Å². The number of ketones is 1. The number of aliphatic hydroxyl groups excluding tert-OH is 1. The lowest BCUT2D eigenvalue weighted by atomic mass is 9.93. The first-order chi connectivity index (χ1) is 17.4. The molecule has 1 fully saturated rings. The maximum Gasteiger partial charge on any atom is 0.295 e. The monoisotopic (exact) mass is 486 g/mol. The van der Waals surface area contributed by atoms with E-state index in [0.717, 1.165) is 16.9 Å². The molecule has 5 rings (SSSR count). The third kappa shape index (κ3) is 3.94. The summed E-state index contributed by atoms with van der Waals surface area (Å²) in [5.74, 6) is -0.151. The van der Waals surface area contributed by atoms with E-state index in [4.69, 9.17) is 14.2 Å². The number of aliphatic hydroxyl groups is 1. The minimum absolute atomic E-state index is 0.0117. The van der Waals surface area contributed by atoms with Crippen LogP contribution in [-0.2, 0) is 22.6 Å². The van der Waals surface area contributed by atoms with E-state index in [1.54, 1.807) is 48.8 Å². The Morgan fingerprint density at radius 1 is 1.14 bits per heavy atom. The number of aromatic nitrogens is 1. The predicted octanol–water partition coefficient (Wildman–Crippen LogP) is 4.04. The summed E-state index contributed by atoms with van der Waals surface area (Å²) in [5, 5.41) is 11.5. The zero-order chi connectivity index (χ0) is 25.4. The summed E-state index contributed by atoms with van der Waals surface area (Å²) in [7, 11) is 3.01. The largest absolute Gasteiger partial charge is 0.507 e. The van der Waals surface area contributed by atoms with Crippen molar-refractivity contribution in [1.29, 1.82) is 0 Å². The van der Waals surface area contributed by atoms with E-state index in [1.807, 2.05) is 19.1 Å². The molecule has 0 spiro atoms. The maximum atomic E-state index is 13.4. The Kier molecular flexibility index (Phi) is 6.10. The first-order valence-electron chi connectivity index (χ1n) is 11.6. The highest BCUT2D eigenvalue weighted by Crippen LogP contribution is 2.46. The minimum atomic E-state index is -0.904. The van der Waals surface area contributed by atoms with E-state index in [-0.39, 0.29) is 24.0 Å². The van der Waals surface area contributed by atoms with Crippen LogP contribution in [0.15, 0.2) is 66.5 Å². The van der Waals surface area contributed by atoms with Crippen LogP contribution < -0.4 is 14.2 Å². The molecule has 1 aromatic heterocycles. The third-order valence-corrected chi connectivity index (χ3v) is 6.51. The van der Waals surface area contributed by atoms with E-state index in [2.05, 4.69) is 4.98 Å². The molecule has 2 unspecified atom stereocenters. The van der Waals surface area contributed by atoms with Crippen molar-refractivity contribution >= 4 is 17.4 Å². The van der Waals surface area contributed by atoms with Gasteiger partial charge < -0.3 is 24.2 Å². The van der Waals surface area contributed by atoms with Gasteiger partial charge in [0.2, 0.25) is 0 Å². The molecule has 3 heterocycles. The quantitative estimate of drug-likeness (QED) is 0.319. The predicted molar refractivity (Wildman–Crippen MR) is 132 cm³/mol. The van der Waals surface area contributed by atoms with Crippen molar-refractivity contribution in [3.05, 3.63) is 88.8 Å². The fourth-order valence-electron chi connectivity index (χ4n) is 4.91. The van der Waals surface area contributed by atoms with E-state index in [0.29, 0.717) is 29.0 Å². The number of likely N-dealkylation sites (tertiary alicyclic amines) is 1. The van der Waals surface area contributed by atoms with Gasteiger partial charge in [-0.05, 0) is 48.4 Å². The van der Waals surface area contributed by atoms with Crippen LogP contribution in [-0.4, -0.2) is 47.0 Å². The number of methoxy groups -OCH3 is 2. The summed E-state index contributed by atoms with van der Waals surface area (Å²) < 4.78 is 16.9. The normalized spacial score (nSPS) is 20.2. The fourth-order valence-corrected chi connectivity index (χ4v) is 4.91. The van der Waals surface area contributed by atoms with Crippen molar-refractivity contribution in [3.63, 3.8) is 0 Å². The van der Waals surface area contributed by atoms with Crippen LogP contribution in [0.4, 0.5) is 0 Å². The van der Waals surface area contributed by atoms with Gasteiger partial charge in [-0.1, -0.05) is 18.2 Å². The number of hydrogen-bond acceptors (Lipinski definition) is 7. The molecule has 0 saturated carbocycles. The average Bonchev–Trinajstić information content (AvgIpc) is 3.39. The fraction of sp³-hybridized carbons (Fsp3) is 0.250. The van der Waals surface area contributed by atoms with Gasteiger partial charge in [0.1, 0.15) is 17.6 Å². The molecule has 8 nitrogen and oxygen atoms in total. The number of hydrogen-bond donors (Lipinski definition) is 1. The number of para-hydroxylation sites is 1. The lowest BCUT2D eigenvalue weighted by Gasteiger charge is -2.27. The average molecular weight is 487 g/mol. The number of fused-ring (bicyclic) bond motifs is 1. The molecule has 2 aromatic carbocycles. The number of nitrogens with zero attached hydrogens (tertiary/aromatic N) is 2. The number of Topliss-reactive ketones (excluding diaryl/α,β-unsaturated/α-hetero) is 1. The Morgan fingerprint density at radius 3 is 2.69 bits per heavy atom. The lowest BCUT2D eigenvalue weighted by molar-refractivity contribution is -0.140. The van der Waals surface area contributed by atoms with Crippen LogP contribution in [0, 0.1) is 0 Å². The van der Waals surface area contributed by atoms with Gasteiger partial charge in [0.05, 0.1) is 25.8 Å². The van der Waals surface area contributed by atoms with Crippen LogP contribution in [0.2, 0.25) is 0 Å². The second kappa shape index (κ2) is 9.37. The highest BCUT2D eigenvalue weighted by molar-refractivity contribution is 6.46. The number of carbonyl (C=O) groups excluding carboxylic acids is 2. The number of pyridine rings is 1. The van der Waals surface area contributed by atoms with E-state index < -0.39 is 17.7 Å². The Bertz CT molecular complexity index is 1370. The number of ether oxygens (including phenoxy) is 3. The molecule has 1 N–H and O–H groups in total. The van der Waals surface area contributed by atoms with Gasteiger partial charge >= 0.3 is 0 Å². The van der Waals surface area contributed by atoms with Crippen molar-refractivity contribution in [2.75, 3.05) is 14.2 Å². The van der Waals surface area contributed by atoms with Crippen LogP contribution in [0.5, 0.6) is 17.2 Å². The second-order valence-corrected chi connectivity index (χ2v) is 8.83. The van der Waals surface area contributed by atoms with Gasteiger partial charge in [-0.15, -0.1) is 0 Å². The van der Waals surface area contributed by atoms with Crippen molar-refractivity contribution in [3.8, 4) is 17.2 Å². The third-order valence-electron chi connectivity index (χ3n) is 6.51. The summed E-state index contributed by atoms with van der Waals surface area (Å²) in [6.07, 6.45) is 4.00. The molecule has 0 aliphatic carbocycles. The molecule has 0 bridgehead atoms. The maximum absolute atomic E-state index is 13.4. The summed E-state index contributed by atoms with van der Waals surface area (Å²) in [4.78, 5) is 32.3. The molecule has 3 aromatic rings. The second-order valence-electron chi connectivity index (χ2n) is 8.83. The molecule has 1 amide bonds. The van der Waals surface area contributed by atoms with Crippen molar-refractivity contribution in [2.24, 2.45) is 0 Å². The van der Waals surface area contributed by atoms with E-state index in [1.165, 1.54) is 19.1 Å². The SMILES string of the molecule is COc1cccc(C2C(=C(O)c3ccc4c(c3)CC(C)O4)C(=O)C(=O)N2Cc2cccnc2)c1OC. The zero-order valence-corrected chi connectivity index (χ0v) is 20.2. The van der Waals surface area contributed by atoms with E-state index in [9.17, 15) is 14.7 Å².